The average Bonchev–Trinajstić information content (AvgIpc) is 1.98. The lowest BCUT2D eigenvalue weighted by atomic mass is 9.89. The number of rotatable bonds is 4. The van der Waals surface area contributed by atoms with E-state index in [1.165, 1.54) is 0 Å². The first-order valence-corrected chi connectivity index (χ1v) is 5.46. The minimum absolute atomic E-state index is 0.00573. The Morgan fingerprint density at radius 1 is 1.07 bits per heavy atom. The van der Waals surface area contributed by atoms with Gasteiger partial charge in [-0.3, -0.25) is 4.79 Å². The molecule has 2 atom stereocenters. The van der Waals surface area contributed by atoms with Crippen molar-refractivity contribution < 1.29 is 4.79 Å². The third-order valence-electron chi connectivity index (χ3n) is 2.53. The van der Waals surface area contributed by atoms with Gasteiger partial charge < -0.3 is 5.32 Å². The Kier molecular flexibility index (Phi) is 4.79. The van der Waals surface area contributed by atoms with Gasteiger partial charge in [0.05, 0.1) is 6.04 Å². The first kappa shape index (κ1) is 13.6. The summed E-state index contributed by atoms with van der Waals surface area (Å²) in [5.41, 5.74) is 0.00573. The zero-order valence-electron chi connectivity index (χ0n) is 10.6. The number of ketones is 1. The van der Waals surface area contributed by atoms with Crippen molar-refractivity contribution in [3.05, 3.63) is 0 Å². The standard InChI is InChI=1S/C12H25NO/c1-8(2)9(3)11(14)10(4)13-12(5,6)7/h8-10,13H,1-7H3/t9?,10-/m0/s1. The summed E-state index contributed by atoms with van der Waals surface area (Å²) in [6.45, 7) is 14.4. The molecule has 1 unspecified atom stereocenters. The van der Waals surface area contributed by atoms with Crippen LogP contribution in [-0.4, -0.2) is 17.4 Å². The molecule has 14 heavy (non-hydrogen) atoms. The Balaban J connectivity index is 4.26. The van der Waals surface area contributed by atoms with E-state index in [0.29, 0.717) is 11.7 Å². The molecule has 2 heteroatoms. The first-order valence-electron chi connectivity index (χ1n) is 5.46. The van der Waals surface area contributed by atoms with Crippen molar-refractivity contribution in [2.45, 2.75) is 60.0 Å². The van der Waals surface area contributed by atoms with Gasteiger partial charge in [0.1, 0.15) is 0 Å². The molecule has 0 bridgehead atoms. The van der Waals surface area contributed by atoms with Gasteiger partial charge in [-0.05, 0) is 33.6 Å². The Hall–Kier alpha value is -0.370. The summed E-state index contributed by atoms with van der Waals surface area (Å²) >= 11 is 0. The van der Waals surface area contributed by atoms with Crippen LogP contribution in [0.3, 0.4) is 0 Å². The molecule has 0 saturated heterocycles. The second-order valence-corrected chi connectivity index (χ2v) is 5.55. The minimum Gasteiger partial charge on any atom is -0.303 e. The monoisotopic (exact) mass is 199 g/mol. The summed E-state index contributed by atoms with van der Waals surface area (Å²) < 4.78 is 0. The van der Waals surface area contributed by atoms with E-state index in [1.54, 1.807) is 0 Å². The molecule has 0 aromatic heterocycles. The zero-order chi connectivity index (χ0) is 11.5. The highest BCUT2D eigenvalue weighted by Gasteiger charge is 2.25. The molecule has 0 amide bonds. The summed E-state index contributed by atoms with van der Waals surface area (Å²) in [5, 5.41) is 3.31. The van der Waals surface area contributed by atoms with Crippen molar-refractivity contribution >= 4 is 5.78 Å². The third-order valence-corrected chi connectivity index (χ3v) is 2.53. The van der Waals surface area contributed by atoms with Gasteiger partial charge in [-0.1, -0.05) is 20.8 Å². The Bertz CT molecular complexity index is 191. The number of hydrogen-bond donors (Lipinski definition) is 1. The van der Waals surface area contributed by atoms with Crippen LogP contribution in [0.2, 0.25) is 0 Å². The zero-order valence-corrected chi connectivity index (χ0v) is 10.6. The van der Waals surface area contributed by atoms with E-state index >= 15 is 0 Å². The van der Waals surface area contributed by atoms with Crippen LogP contribution in [0.1, 0.15) is 48.5 Å². The molecule has 0 heterocycles. The van der Waals surface area contributed by atoms with Gasteiger partial charge in [-0.25, -0.2) is 0 Å². The molecule has 2 nitrogen and oxygen atoms in total. The van der Waals surface area contributed by atoms with E-state index in [2.05, 4.69) is 39.9 Å². The third kappa shape index (κ3) is 4.75. The summed E-state index contributed by atoms with van der Waals surface area (Å²) in [4.78, 5) is 11.9. The van der Waals surface area contributed by atoms with Crippen LogP contribution >= 0.6 is 0 Å². The van der Waals surface area contributed by atoms with Crippen LogP contribution in [0.15, 0.2) is 0 Å². The lowest BCUT2D eigenvalue weighted by Gasteiger charge is -2.27. The van der Waals surface area contributed by atoms with E-state index in [4.69, 9.17) is 0 Å². The number of Topliss-reactive ketones (excluding diaryl/α,β-unsaturated/α-hetero) is 1. The molecule has 1 N–H and O–H groups in total. The highest BCUT2D eigenvalue weighted by molar-refractivity contribution is 5.85. The fraction of sp³-hybridized carbons (Fsp3) is 0.917. The van der Waals surface area contributed by atoms with Crippen molar-refractivity contribution in [1.82, 2.24) is 5.32 Å². The van der Waals surface area contributed by atoms with Crippen LogP contribution in [-0.2, 0) is 4.79 Å². The normalized spacial score (nSPS) is 16.9. The van der Waals surface area contributed by atoms with Gasteiger partial charge in [0, 0.05) is 11.5 Å². The summed E-state index contributed by atoms with van der Waals surface area (Å²) in [6.07, 6.45) is 0. The highest BCUT2D eigenvalue weighted by atomic mass is 16.1. The fourth-order valence-electron chi connectivity index (χ4n) is 1.44. The lowest BCUT2D eigenvalue weighted by Crippen LogP contribution is -2.48. The number of nitrogens with one attached hydrogen (secondary N) is 1. The maximum atomic E-state index is 11.9. The fourth-order valence-corrected chi connectivity index (χ4v) is 1.44. The average molecular weight is 199 g/mol. The predicted octanol–water partition coefficient (Wildman–Crippen LogP) is 2.62. The SMILES string of the molecule is CC(C)C(C)C(=O)[C@H](C)NC(C)(C)C. The molecule has 0 radical (unpaired) electrons. The summed E-state index contributed by atoms with van der Waals surface area (Å²) in [5.74, 6) is 0.876. The number of hydrogen-bond acceptors (Lipinski definition) is 2. The molecule has 0 aliphatic heterocycles. The van der Waals surface area contributed by atoms with Crippen LogP contribution in [0, 0.1) is 11.8 Å². The lowest BCUT2D eigenvalue weighted by molar-refractivity contribution is -0.125. The van der Waals surface area contributed by atoms with Gasteiger partial charge >= 0.3 is 0 Å². The maximum Gasteiger partial charge on any atom is 0.152 e. The molecular formula is C12H25NO. The number of carbonyl (C=O) groups is 1. The Labute approximate surface area is 88.5 Å². The van der Waals surface area contributed by atoms with E-state index in [1.807, 2.05) is 13.8 Å². The van der Waals surface area contributed by atoms with Gasteiger partial charge in [-0.2, -0.15) is 0 Å². The van der Waals surface area contributed by atoms with Crippen molar-refractivity contribution in [2.24, 2.45) is 11.8 Å². The molecule has 0 saturated carbocycles. The van der Waals surface area contributed by atoms with Crippen molar-refractivity contribution in [3.63, 3.8) is 0 Å². The maximum absolute atomic E-state index is 11.9. The van der Waals surface area contributed by atoms with Crippen LogP contribution in [0.5, 0.6) is 0 Å². The smallest absolute Gasteiger partial charge is 0.152 e. The largest absolute Gasteiger partial charge is 0.303 e. The van der Waals surface area contributed by atoms with Crippen molar-refractivity contribution in [3.8, 4) is 0 Å². The quantitative estimate of drug-likeness (QED) is 0.754. The van der Waals surface area contributed by atoms with E-state index in [0.717, 1.165) is 0 Å². The summed E-state index contributed by atoms with van der Waals surface area (Å²) in [7, 11) is 0. The van der Waals surface area contributed by atoms with E-state index in [-0.39, 0.29) is 17.5 Å². The van der Waals surface area contributed by atoms with Gasteiger partial charge in [-0.15, -0.1) is 0 Å². The van der Waals surface area contributed by atoms with Crippen molar-refractivity contribution in [1.29, 1.82) is 0 Å². The summed E-state index contributed by atoms with van der Waals surface area (Å²) in [6, 6.07) is -0.0487. The molecule has 84 valence electrons. The van der Waals surface area contributed by atoms with Crippen LogP contribution < -0.4 is 5.32 Å². The molecule has 0 aromatic carbocycles. The molecule has 0 spiro atoms. The van der Waals surface area contributed by atoms with Gasteiger partial charge in [0.15, 0.2) is 5.78 Å². The number of carbonyl (C=O) groups excluding carboxylic acids is 1. The molecule has 0 aliphatic carbocycles. The second kappa shape index (κ2) is 4.92. The Morgan fingerprint density at radius 2 is 1.50 bits per heavy atom. The van der Waals surface area contributed by atoms with Crippen LogP contribution in [0.4, 0.5) is 0 Å². The van der Waals surface area contributed by atoms with Gasteiger partial charge in [0.25, 0.3) is 0 Å². The van der Waals surface area contributed by atoms with Crippen molar-refractivity contribution in [2.75, 3.05) is 0 Å². The molecule has 0 rings (SSSR count). The van der Waals surface area contributed by atoms with E-state index in [9.17, 15) is 4.79 Å². The molecule has 0 aliphatic rings. The van der Waals surface area contributed by atoms with Crippen LogP contribution in [0.25, 0.3) is 0 Å². The Morgan fingerprint density at radius 3 is 1.79 bits per heavy atom. The first-order chi connectivity index (χ1) is 6.15. The molecule has 0 aromatic rings. The highest BCUT2D eigenvalue weighted by Crippen LogP contribution is 2.14. The van der Waals surface area contributed by atoms with Gasteiger partial charge in [0.2, 0.25) is 0 Å². The minimum atomic E-state index is -0.0487. The predicted molar refractivity (Wildman–Crippen MR) is 61.4 cm³/mol. The van der Waals surface area contributed by atoms with E-state index < -0.39 is 0 Å². The topological polar surface area (TPSA) is 29.1 Å². The second-order valence-electron chi connectivity index (χ2n) is 5.55. The molecular weight excluding hydrogens is 174 g/mol. The molecule has 0 fully saturated rings.